The van der Waals surface area contributed by atoms with Gasteiger partial charge in [0, 0.05) is 16.5 Å². The van der Waals surface area contributed by atoms with Crippen LogP contribution in [-0.4, -0.2) is 28.6 Å². The lowest BCUT2D eigenvalue weighted by molar-refractivity contribution is -0.136. The molecule has 0 spiro atoms. The molecule has 1 unspecified atom stereocenters. The number of aliphatic hydroxyl groups is 1. The van der Waals surface area contributed by atoms with Crippen molar-refractivity contribution in [3.63, 3.8) is 0 Å². The summed E-state index contributed by atoms with van der Waals surface area (Å²) in [6.07, 6.45) is 4.08. The van der Waals surface area contributed by atoms with Crippen molar-refractivity contribution in [3.8, 4) is 0 Å². The number of furan rings is 1. The first kappa shape index (κ1) is 16.0. The van der Waals surface area contributed by atoms with E-state index in [-0.39, 0.29) is 12.4 Å². The Kier molecular flexibility index (Phi) is 4.45. The van der Waals surface area contributed by atoms with Gasteiger partial charge in [-0.3, -0.25) is 14.9 Å². The van der Waals surface area contributed by atoms with Crippen molar-refractivity contribution in [2.24, 2.45) is 0 Å². The van der Waals surface area contributed by atoms with Crippen molar-refractivity contribution in [1.82, 2.24) is 10.5 Å². The molecule has 3 aromatic rings. The summed E-state index contributed by atoms with van der Waals surface area (Å²) in [6.45, 7) is -0.196. The van der Waals surface area contributed by atoms with Crippen molar-refractivity contribution in [2.45, 2.75) is 5.60 Å². The highest BCUT2D eigenvalue weighted by atomic mass is 32.1. The third-order valence-electron chi connectivity index (χ3n) is 3.32. The smallest absolute Gasteiger partial charge is 0.314 e. The average Bonchev–Trinajstić information content (AvgIpc) is 3.35. The van der Waals surface area contributed by atoms with Crippen molar-refractivity contribution >= 4 is 29.0 Å². The van der Waals surface area contributed by atoms with Crippen LogP contribution in [0.1, 0.15) is 10.4 Å². The molecule has 3 heterocycles. The normalized spacial score (nSPS) is 13.2. The first-order valence-electron chi connectivity index (χ1n) is 6.88. The summed E-state index contributed by atoms with van der Waals surface area (Å²) >= 11 is 1.33. The quantitative estimate of drug-likeness (QED) is 0.599. The zero-order valence-corrected chi connectivity index (χ0v) is 13.1. The van der Waals surface area contributed by atoms with E-state index in [1.54, 1.807) is 23.6 Å². The molecule has 124 valence electrons. The Morgan fingerprint density at radius 3 is 2.75 bits per heavy atom. The minimum atomic E-state index is -1.50. The third-order valence-corrected chi connectivity index (χ3v) is 4.34. The second-order valence-corrected chi connectivity index (χ2v) is 5.82. The van der Waals surface area contributed by atoms with E-state index in [1.165, 1.54) is 36.2 Å². The molecule has 0 fully saturated rings. The molecule has 8 nitrogen and oxygen atoms in total. The standard InChI is InChI=1S/C15H13N3O5S/c19-13(14(20)17-12-4-6-23-18-12)16-9-15(21,10-3-5-22-8-10)11-2-1-7-24-11/h1-8,21H,9H2,(H,16,19)(H,17,18,20). The molecule has 9 heteroatoms. The van der Waals surface area contributed by atoms with Gasteiger partial charge >= 0.3 is 11.8 Å². The summed E-state index contributed by atoms with van der Waals surface area (Å²) in [7, 11) is 0. The molecule has 0 bridgehead atoms. The van der Waals surface area contributed by atoms with Gasteiger partial charge in [0.25, 0.3) is 0 Å². The number of hydrogen-bond acceptors (Lipinski definition) is 7. The van der Waals surface area contributed by atoms with Gasteiger partial charge in [-0.1, -0.05) is 11.2 Å². The topological polar surface area (TPSA) is 118 Å². The van der Waals surface area contributed by atoms with Crippen LogP contribution in [0, 0.1) is 0 Å². The summed E-state index contributed by atoms with van der Waals surface area (Å²) in [5.74, 6) is -1.69. The number of aromatic nitrogens is 1. The number of anilines is 1. The van der Waals surface area contributed by atoms with Gasteiger partial charge < -0.3 is 19.4 Å². The monoisotopic (exact) mass is 347 g/mol. The first-order chi connectivity index (χ1) is 11.6. The van der Waals surface area contributed by atoms with E-state index in [9.17, 15) is 14.7 Å². The summed E-state index contributed by atoms with van der Waals surface area (Å²) in [6, 6.07) is 6.52. The molecule has 3 rings (SSSR count). The van der Waals surface area contributed by atoms with Crippen LogP contribution in [0.3, 0.4) is 0 Å². The fraction of sp³-hybridized carbons (Fsp3) is 0.133. The first-order valence-corrected chi connectivity index (χ1v) is 7.76. The van der Waals surface area contributed by atoms with E-state index < -0.39 is 17.4 Å². The largest absolute Gasteiger partial charge is 0.472 e. The molecule has 2 amide bonds. The van der Waals surface area contributed by atoms with Gasteiger partial charge in [-0.15, -0.1) is 11.3 Å². The number of rotatable bonds is 5. The summed E-state index contributed by atoms with van der Waals surface area (Å²) in [5, 5.41) is 21.0. The highest BCUT2D eigenvalue weighted by molar-refractivity contribution is 7.10. The molecule has 0 radical (unpaired) electrons. The van der Waals surface area contributed by atoms with E-state index in [2.05, 4.69) is 20.3 Å². The molecule has 0 aliphatic heterocycles. The predicted molar refractivity (Wildman–Crippen MR) is 84.2 cm³/mol. The lowest BCUT2D eigenvalue weighted by atomic mass is 9.94. The zero-order valence-electron chi connectivity index (χ0n) is 12.3. The van der Waals surface area contributed by atoms with Gasteiger partial charge in [0.2, 0.25) is 0 Å². The maximum atomic E-state index is 11.9. The Hall–Kier alpha value is -2.91. The third kappa shape index (κ3) is 3.21. The van der Waals surface area contributed by atoms with Crippen LogP contribution in [0.25, 0.3) is 0 Å². The Morgan fingerprint density at radius 2 is 2.12 bits per heavy atom. The molecule has 0 aromatic carbocycles. The number of thiophene rings is 1. The van der Waals surface area contributed by atoms with Gasteiger partial charge in [0.15, 0.2) is 5.82 Å². The second kappa shape index (κ2) is 6.69. The van der Waals surface area contributed by atoms with Gasteiger partial charge in [0.1, 0.15) is 11.9 Å². The van der Waals surface area contributed by atoms with E-state index >= 15 is 0 Å². The number of nitrogens with one attached hydrogen (secondary N) is 2. The van der Waals surface area contributed by atoms with Crippen molar-refractivity contribution in [1.29, 1.82) is 0 Å². The molecular formula is C15H13N3O5S. The molecular weight excluding hydrogens is 334 g/mol. The Morgan fingerprint density at radius 1 is 1.25 bits per heavy atom. The molecule has 0 saturated carbocycles. The van der Waals surface area contributed by atoms with Crippen LogP contribution >= 0.6 is 11.3 Å². The Balaban J connectivity index is 1.70. The van der Waals surface area contributed by atoms with E-state index in [0.717, 1.165) is 0 Å². The molecule has 24 heavy (non-hydrogen) atoms. The zero-order chi connectivity index (χ0) is 17.0. The molecule has 1 atom stereocenters. The number of nitrogens with zero attached hydrogens (tertiary/aromatic N) is 1. The minimum absolute atomic E-state index is 0.124. The van der Waals surface area contributed by atoms with Crippen LogP contribution < -0.4 is 10.6 Å². The predicted octanol–water partition coefficient (Wildman–Crippen LogP) is 1.32. The van der Waals surface area contributed by atoms with Crippen LogP contribution in [0.15, 0.2) is 57.4 Å². The Bertz CT molecular complexity index is 762. The van der Waals surface area contributed by atoms with E-state index in [0.29, 0.717) is 10.4 Å². The van der Waals surface area contributed by atoms with Crippen LogP contribution in [0.4, 0.5) is 5.82 Å². The molecule has 3 aromatic heterocycles. The van der Waals surface area contributed by atoms with Crippen molar-refractivity contribution in [3.05, 3.63) is 58.9 Å². The summed E-state index contributed by atoms with van der Waals surface area (Å²) in [5.41, 5.74) is -1.02. The second-order valence-electron chi connectivity index (χ2n) is 4.87. The highest BCUT2D eigenvalue weighted by Gasteiger charge is 2.35. The molecule has 0 aliphatic rings. The fourth-order valence-electron chi connectivity index (χ4n) is 2.08. The maximum Gasteiger partial charge on any atom is 0.314 e. The molecule has 0 aliphatic carbocycles. The minimum Gasteiger partial charge on any atom is -0.472 e. The lowest BCUT2D eigenvalue weighted by Gasteiger charge is -2.26. The lowest BCUT2D eigenvalue weighted by Crippen LogP contribution is -2.44. The number of hydrogen-bond donors (Lipinski definition) is 3. The van der Waals surface area contributed by atoms with Crippen LogP contribution in [-0.2, 0) is 15.2 Å². The number of amides is 2. The van der Waals surface area contributed by atoms with E-state index in [1.807, 2.05) is 0 Å². The van der Waals surface area contributed by atoms with E-state index in [4.69, 9.17) is 4.42 Å². The molecule has 0 saturated heterocycles. The van der Waals surface area contributed by atoms with Gasteiger partial charge in [0.05, 0.1) is 19.1 Å². The fourth-order valence-corrected chi connectivity index (χ4v) is 2.93. The van der Waals surface area contributed by atoms with Crippen molar-refractivity contribution < 1.29 is 23.6 Å². The summed E-state index contributed by atoms with van der Waals surface area (Å²) < 4.78 is 9.58. The highest BCUT2D eigenvalue weighted by Crippen LogP contribution is 2.32. The van der Waals surface area contributed by atoms with Crippen molar-refractivity contribution in [2.75, 3.05) is 11.9 Å². The number of carbonyl (C=O) groups is 2. The van der Waals surface area contributed by atoms with Crippen LogP contribution in [0.5, 0.6) is 0 Å². The van der Waals surface area contributed by atoms with Crippen LogP contribution in [0.2, 0.25) is 0 Å². The maximum absolute atomic E-state index is 11.9. The average molecular weight is 347 g/mol. The molecule has 3 N–H and O–H groups in total. The van der Waals surface area contributed by atoms with Gasteiger partial charge in [-0.05, 0) is 17.5 Å². The number of carbonyl (C=O) groups excluding carboxylic acids is 2. The van der Waals surface area contributed by atoms with Gasteiger partial charge in [-0.25, -0.2) is 0 Å². The Labute approximate surface area is 140 Å². The summed E-state index contributed by atoms with van der Waals surface area (Å²) in [4.78, 5) is 24.4. The van der Waals surface area contributed by atoms with Gasteiger partial charge in [-0.2, -0.15) is 0 Å². The SMILES string of the molecule is O=C(NCC(O)(c1ccoc1)c1cccs1)C(=O)Nc1ccon1.